The summed E-state index contributed by atoms with van der Waals surface area (Å²) in [6.45, 7) is 1.34. The van der Waals surface area contributed by atoms with E-state index in [-0.39, 0.29) is 23.5 Å². The maximum Gasteiger partial charge on any atom is 0.290 e. The third kappa shape index (κ3) is 4.27. The van der Waals surface area contributed by atoms with Crippen LogP contribution in [0.1, 0.15) is 12.8 Å². The second-order valence-electron chi connectivity index (χ2n) is 4.51. The highest BCUT2D eigenvalue weighted by molar-refractivity contribution is 7.89. The number of sulfonamides is 1. The standard InChI is InChI=1S/C11H14ClN3O4S.ClH/c12-9-4-1-5-10(15(16)17)11(9)20(18,19)14-8-3-2-6-13-7-8;/h1,4-5,8,13-14H,2-3,6-7H2;1H. The summed E-state index contributed by atoms with van der Waals surface area (Å²) in [4.78, 5) is 9.73. The van der Waals surface area contributed by atoms with Crippen molar-refractivity contribution in [2.45, 2.75) is 23.8 Å². The van der Waals surface area contributed by atoms with Gasteiger partial charge >= 0.3 is 0 Å². The summed E-state index contributed by atoms with van der Waals surface area (Å²) in [5, 5.41) is 13.9. The number of nitro groups is 1. The minimum absolute atomic E-state index is 0. The molecule has 0 radical (unpaired) electrons. The molecular formula is C11H15Cl2N3O4S. The number of nitro benzene ring substituents is 1. The molecule has 1 aliphatic rings. The fourth-order valence-electron chi connectivity index (χ4n) is 2.14. The quantitative estimate of drug-likeness (QED) is 0.632. The van der Waals surface area contributed by atoms with Crippen LogP contribution >= 0.6 is 24.0 Å². The summed E-state index contributed by atoms with van der Waals surface area (Å²) in [7, 11) is -4.03. The van der Waals surface area contributed by atoms with Crippen molar-refractivity contribution in [1.29, 1.82) is 0 Å². The number of nitrogens with zero attached hydrogens (tertiary/aromatic N) is 1. The van der Waals surface area contributed by atoms with Gasteiger partial charge < -0.3 is 5.32 Å². The van der Waals surface area contributed by atoms with Crippen LogP contribution in [0.2, 0.25) is 5.02 Å². The predicted octanol–water partition coefficient (Wildman–Crippen LogP) is 1.70. The van der Waals surface area contributed by atoms with Crippen LogP contribution in [-0.4, -0.2) is 32.5 Å². The highest BCUT2D eigenvalue weighted by Gasteiger charge is 2.31. The van der Waals surface area contributed by atoms with Crippen LogP contribution in [0.15, 0.2) is 23.1 Å². The predicted molar refractivity (Wildman–Crippen MR) is 81.6 cm³/mol. The van der Waals surface area contributed by atoms with Gasteiger partial charge in [-0.3, -0.25) is 10.1 Å². The molecule has 0 bridgehead atoms. The maximum absolute atomic E-state index is 12.3. The molecule has 1 aliphatic heterocycles. The van der Waals surface area contributed by atoms with Crippen molar-refractivity contribution in [3.8, 4) is 0 Å². The molecular weight excluding hydrogens is 341 g/mol. The van der Waals surface area contributed by atoms with Gasteiger partial charge in [0.25, 0.3) is 5.69 Å². The van der Waals surface area contributed by atoms with Crippen molar-refractivity contribution in [3.63, 3.8) is 0 Å². The van der Waals surface area contributed by atoms with E-state index in [0.717, 1.165) is 19.0 Å². The normalized spacial score (nSPS) is 18.8. The van der Waals surface area contributed by atoms with Gasteiger partial charge in [0.15, 0.2) is 4.90 Å². The van der Waals surface area contributed by atoms with Crippen LogP contribution in [0.5, 0.6) is 0 Å². The van der Waals surface area contributed by atoms with Gasteiger partial charge in [-0.15, -0.1) is 12.4 Å². The number of hydrogen-bond acceptors (Lipinski definition) is 5. The molecule has 10 heteroatoms. The smallest absolute Gasteiger partial charge is 0.290 e. The molecule has 1 saturated heterocycles. The summed E-state index contributed by atoms with van der Waals surface area (Å²) in [6, 6.07) is 3.51. The Balaban J connectivity index is 0.00000220. The van der Waals surface area contributed by atoms with Gasteiger partial charge in [0, 0.05) is 18.7 Å². The largest absolute Gasteiger partial charge is 0.315 e. The first-order chi connectivity index (χ1) is 9.42. The topological polar surface area (TPSA) is 101 Å². The average Bonchev–Trinajstić information content (AvgIpc) is 2.38. The third-order valence-corrected chi connectivity index (χ3v) is 5.07. The lowest BCUT2D eigenvalue weighted by Gasteiger charge is -2.23. The summed E-state index contributed by atoms with van der Waals surface area (Å²) in [5.41, 5.74) is -0.520. The Hall–Kier alpha value is -0.930. The molecule has 1 aromatic rings. The highest BCUT2D eigenvalue weighted by Crippen LogP contribution is 2.30. The van der Waals surface area contributed by atoms with E-state index >= 15 is 0 Å². The first kappa shape index (κ1) is 18.1. The number of nitrogens with one attached hydrogen (secondary N) is 2. The highest BCUT2D eigenvalue weighted by atomic mass is 35.5. The Labute approximate surface area is 133 Å². The van der Waals surface area contributed by atoms with Crippen molar-refractivity contribution in [3.05, 3.63) is 33.3 Å². The van der Waals surface area contributed by atoms with Crippen molar-refractivity contribution < 1.29 is 13.3 Å². The Morgan fingerprint density at radius 2 is 2.14 bits per heavy atom. The van der Waals surface area contributed by atoms with Crippen LogP contribution in [0.3, 0.4) is 0 Å². The zero-order valence-electron chi connectivity index (χ0n) is 10.9. The first-order valence-electron chi connectivity index (χ1n) is 6.08. The minimum atomic E-state index is -4.03. The molecule has 1 aromatic carbocycles. The van der Waals surface area contributed by atoms with E-state index in [4.69, 9.17) is 11.6 Å². The third-order valence-electron chi connectivity index (χ3n) is 3.03. The Kier molecular flexibility index (Phi) is 6.36. The number of hydrogen-bond donors (Lipinski definition) is 2. The lowest BCUT2D eigenvalue weighted by Crippen LogP contribution is -2.45. The van der Waals surface area contributed by atoms with Gasteiger partial charge in [0.05, 0.1) is 9.95 Å². The van der Waals surface area contributed by atoms with E-state index in [0.29, 0.717) is 13.0 Å². The SMILES string of the molecule is Cl.O=[N+]([O-])c1cccc(Cl)c1S(=O)(=O)NC1CCCNC1. The molecule has 0 aromatic heterocycles. The zero-order chi connectivity index (χ0) is 14.8. The van der Waals surface area contributed by atoms with Gasteiger partial charge in [-0.2, -0.15) is 0 Å². The van der Waals surface area contributed by atoms with E-state index in [9.17, 15) is 18.5 Å². The van der Waals surface area contributed by atoms with Crippen molar-refractivity contribution >= 4 is 39.7 Å². The van der Waals surface area contributed by atoms with Crippen LogP contribution in [0, 0.1) is 10.1 Å². The monoisotopic (exact) mass is 355 g/mol. The fraction of sp³-hybridized carbons (Fsp3) is 0.455. The maximum atomic E-state index is 12.3. The van der Waals surface area contributed by atoms with E-state index < -0.39 is 25.5 Å². The van der Waals surface area contributed by atoms with Gasteiger partial charge in [0.1, 0.15) is 0 Å². The van der Waals surface area contributed by atoms with Crippen LogP contribution in [0.4, 0.5) is 5.69 Å². The minimum Gasteiger partial charge on any atom is -0.315 e. The molecule has 1 fully saturated rings. The molecule has 1 unspecified atom stereocenters. The summed E-state index contributed by atoms with van der Waals surface area (Å²) < 4.78 is 27.1. The second kappa shape index (κ2) is 7.37. The molecule has 0 aliphatic carbocycles. The molecule has 0 saturated carbocycles. The molecule has 118 valence electrons. The molecule has 1 atom stereocenters. The van der Waals surface area contributed by atoms with Gasteiger partial charge in [0.2, 0.25) is 10.0 Å². The fourth-order valence-corrected chi connectivity index (χ4v) is 4.11. The lowest BCUT2D eigenvalue weighted by atomic mass is 10.1. The number of benzene rings is 1. The summed E-state index contributed by atoms with van der Waals surface area (Å²) in [6.07, 6.45) is 1.53. The van der Waals surface area contributed by atoms with Crippen LogP contribution < -0.4 is 10.0 Å². The van der Waals surface area contributed by atoms with E-state index in [1.54, 1.807) is 0 Å². The zero-order valence-corrected chi connectivity index (χ0v) is 13.3. The molecule has 7 nitrogen and oxygen atoms in total. The number of rotatable bonds is 4. The Morgan fingerprint density at radius 1 is 1.43 bits per heavy atom. The number of halogens is 2. The Morgan fingerprint density at radius 3 is 2.71 bits per heavy atom. The number of piperidine rings is 1. The lowest BCUT2D eigenvalue weighted by molar-refractivity contribution is -0.387. The second-order valence-corrected chi connectivity index (χ2v) is 6.57. The van der Waals surface area contributed by atoms with Gasteiger partial charge in [-0.25, -0.2) is 13.1 Å². The van der Waals surface area contributed by atoms with Gasteiger partial charge in [-0.05, 0) is 25.5 Å². The van der Waals surface area contributed by atoms with Crippen molar-refractivity contribution in [1.82, 2.24) is 10.0 Å². The molecule has 0 spiro atoms. The summed E-state index contributed by atoms with van der Waals surface area (Å²) in [5.74, 6) is 0. The molecule has 21 heavy (non-hydrogen) atoms. The Bertz CT molecular complexity index is 618. The first-order valence-corrected chi connectivity index (χ1v) is 7.94. The van der Waals surface area contributed by atoms with E-state index in [1.807, 2.05) is 0 Å². The average molecular weight is 356 g/mol. The van der Waals surface area contributed by atoms with E-state index in [2.05, 4.69) is 10.0 Å². The van der Waals surface area contributed by atoms with Gasteiger partial charge in [-0.1, -0.05) is 17.7 Å². The summed E-state index contributed by atoms with van der Waals surface area (Å²) >= 11 is 5.84. The van der Waals surface area contributed by atoms with Crippen LogP contribution in [-0.2, 0) is 10.0 Å². The van der Waals surface area contributed by atoms with Crippen molar-refractivity contribution in [2.75, 3.05) is 13.1 Å². The molecule has 1 heterocycles. The van der Waals surface area contributed by atoms with Crippen molar-refractivity contribution in [2.24, 2.45) is 0 Å². The van der Waals surface area contributed by atoms with Crippen LogP contribution in [0.25, 0.3) is 0 Å². The molecule has 0 amide bonds. The molecule has 2 rings (SSSR count). The molecule has 2 N–H and O–H groups in total. The van der Waals surface area contributed by atoms with E-state index in [1.165, 1.54) is 12.1 Å².